The van der Waals surface area contributed by atoms with Crippen molar-refractivity contribution in [1.82, 2.24) is 0 Å². The first-order valence-corrected chi connectivity index (χ1v) is 5.28. The predicted octanol–water partition coefficient (Wildman–Crippen LogP) is 1.72. The average molecular weight is 210 g/mol. The Hall–Kier alpha value is -1.06. The van der Waals surface area contributed by atoms with Gasteiger partial charge in [0.1, 0.15) is 5.75 Å². The number of aromatic hydroxyl groups is 1. The van der Waals surface area contributed by atoms with E-state index in [0.29, 0.717) is 11.1 Å². The largest absolute Gasteiger partial charge is 0.507 e. The van der Waals surface area contributed by atoms with Crippen LogP contribution in [0.2, 0.25) is 0 Å². The Labute approximate surface area is 90.0 Å². The minimum absolute atomic E-state index is 0.0357. The number of aryl methyl sites for hydroxylation is 1. The molecule has 0 heterocycles. The summed E-state index contributed by atoms with van der Waals surface area (Å²) in [5.41, 5.74) is 1.99. The molecule has 84 valence electrons. The summed E-state index contributed by atoms with van der Waals surface area (Å²) in [4.78, 5) is 0. The summed E-state index contributed by atoms with van der Waals surface area (Å²) in [7, 11) is 0. The van der Waals surface area contributed by atoms with Gasteiger partial charge in [0.15, 0.2) is 0 Å². The van der Waals surface area contributed by atoms with E-state index < -0.39 is 0 Å². The molecule has 0 spiro atoms. The second-order valence-corrected chi connectivity index (χ2v) is 3.63. The van der Waals surface area contributed by atoms with Gasteiger partial charge in [-0.2, -0.15) is 0 Å². The van der Waals surface area contributed by atoms with Crippen LogP contribution in [0.4, 0.5) is 0 Å². The lowest BCUT2D eigenvalue weighted by Gasteiger charge is -2.11. The first kappa shape index (κ1) is 12.0. The Bertz CT molecular complexity index is 321. The Balaban J connectivity index is 3.01. The lowest BCUT2D eigenvalue weighted by atomic mass is 9.98. The molecule has 0 unspecified atom stereocenters. The first-order valence-electron chi connectivity index (χ1n) is 5.28. The van der Waals surface area contributed by atoms with Crippen LogP contribution >= 0.6 is 0 Å². The monoisotopic (exact) mass is 210 g/mol. The maximum absolute atomic E-state index is 9.75. The molecular weight excluding hydrogens is 192 g/mol. The van der Waals surface area contributed by atoms with Gasteiger partial charge in [0.2, 0.25) is 0 Å². The Kier molecular flexibility index (Phi) is 4.59. The van der Waals surface area contributed by atoms with Gasteiger partial charge in [-0.15, -0.1) is 0 Å². The lowest BCUT2D eigenvalue weighted by molar-refractivity contribution is 0.262. The Morgan fingerprint density at radius 2 is 1.73 bits per heavy atom. The normalized spacial score (nSPS) is 10.6. The summed E-state index contributed by atoms with van der Waals surface area (Å²) < 4.78 is 0. The second-order valence-electron chi connectivity index (χ2n) is 3.63. The van der Waals surface area contributed by atoms with E-state index >= 15 is 0 Å². The summed E-state index contributed by atoms with van der Waals surface area (Å²) >= 11 is 0. The number of rotatable bonds is 5. The minimum Gasteiger partial charge on any atom is -0.507 e. The lowest BCUT2D eigenvalue weighted by Crippen LogP contribution is -1.98. The van der Waals surface area contributed by atoms with E-state index in [1.807, 2.05) is 6.07 Å². The molecule has 0 aliphatic heterocycles. The smallest absolute Gasteiger partial charge is 0.126 e. The van der Waals surface area contributed by atoms with Gasteiger partial charge in [0.25, 0.3) is 0 Å². The number of aliphatic hydroxyl groups excluding tert-OH is 2. The van der Waals surface area contributed by atoms with Crippen molar-refractivity contribution in [2.75, 3.05) is 0 Å². The zero-order chi connectivity index (χ0) is 11.3. The van der Waals surface area contributed by atoms with Gasteiger partial charge in [-0.05, 0) is 18.4 Å². The third-order valence-corrected chi connectivity index (χ3v) is 2.59. The minimum atomic E-state index is -0.201. The summed E-state index contributed by atoms with van der Waals surface area (Å²) in [6.07, 6.45) is 2.96. The molecule has 15 heavy (non-hydrogen) atoms. The number of benzene rings is 1. The molecule has 0 amide bonds. The fraction of sp³-hybridized carbons (Fsp3) is 0.500. The van der Waals surface area contributed by atoms with Crippen LogP contribution in [0, 0.1) is 0 Å². The number of hydrogen-bond acceptors (Lipinski definition) is 3. The molecule has 0 atom stereocenters. The van der Waals surface area contributed by atoms with Crippen molar-refractivity contribution in [1.29, 1.82) is 0 Å². The molecular formula is C12H18O3. The van der Waals surface area contributed by atoms with Gasteiger partial charge in [-0.3, -0.25) is 0 Å². The van der Waals surface area contributed by atoms with Gasteiger partial charge in [-0.25, -0.2) is 0 Å². The van der Waals surface area contributed by atoms with E-state index in [4.69, 9.17) is 5.11 Å². The van der Waals surface area contributed by atoms with E-state index in [2.05, 4.69) is 6.92 Å². The van der Waals surface area contributed by atoms with Crippen LogP contribution in [0.25, 0.3) is 0 Å². The van der Waals surface area contributed by atoms with Crippen molar-refractivity contribution in [2.24, 2.45) is 0 Å². The molecule has 0 aromatic heterocycles. The van der Waals surface area contributed by atoms with Crippen molar-refractivity contribution in [3.8, 4) is 5.75 Å². The number of hydrogen-bond donors (Lipinski definition) is 3. The molecule has 0 aliphatic rings. The van der Waals surface area contributed by atoms with Crippen LogP contribution in [0.1, 0.15) is 36.5 Å². The van der Waals surface area contributed by atoms with Gasteiger partial charge in [-0.1, -0.05) is 25.5 Å². The van der Waals surface area contributed by atoms with E-state index in [-0.39, 0.29) is 19.0 Å². The van der Waals surface area contributed by atoms with Gasteiger partial charge in [0, 0.05) is 11.1 Å². The predicted molar refractivity (Wildman–Crippen MR) is 58.6 cm³/mol. The van der Waals surface area contributed by atoms with Gasteiger partial charge < -0.3 is 15.3 Å². The van der Waals surface area contributed by atoms with Crippen molar-refractivity contribution < 1.29 is 15.3 Å². The van der Waals surface area contributed by atoms with E-state index in [1.165, 1.54) is 0 Å². The van der Waals surface area contributed by atoms with Crippen molar-refractivity contribution in [2.45, 2.75) is 39.4 Å². The highest BCUT2D eigenvalue weighted by atomic mass is 16.3. The van der Waals surface area contributed by atoms with Crippen LogP contribution < -0.4 is 0 Å². The summed E-state index contributed by atoms with van der Waals surface area (Å²) in [6.45, 7) is 1.71. The van der Waals surface area contributed by atoms with Crippen LogP contribution in [0.15, 0.2) is 12.1 Å². The highest BCUT2D eigenvalue weighted by molar-refractivity contribution is 5.45. The first-order chi connectivity index (χ1) is 7.24. The molecule has 3 nitrogen and oxygen atoms in total. The van der Waals surface area contributed by atoms with Crippen LogP contribution in [-0.2, 0) is 19.6 Å². The van der Waals surface area contributed by atoms with E-state index in [1.54, 1.807) is 6.07 Å². The summed E-state index contributed by atoms with van der Waals surface area (Å²) in [5.74, 6) is 0.0357. The van der Waals surface area contributed by atoms with E-state index in [9.17, 15) is 10.2 Å². The zero-order valence-corrected chi connectivity index (χ0v) is 9.03. The highest BCUT2D eigenvalue weighted by Crippen LogP contribution is 2.27. The molecule has 3 heteroatoms. The number of unbranched alkanes of at least 4 members (excludes halogenated alkanes) is 1. The summed E-state index contributed by atoms with van der Waals surface area (Å²) in [5, 5.41) is 27.9. The maximum Gasteiger partial charge on any atom is 0.126 e. The van der Waals surface area contributed by atoms with Crippen LogP contribution in [0.5, 0.6) is 5.75 Å². The highest BCUT2D eigenvalue weighted by Gasteiger charge is 2.10. The number of phenols is 1. The third kappa shape index (κ3) is 2.70. The van der Waals surface area contributed by atoms with Crippen molar-refractivity contribution in [3.05, 3.63) is 28.8 Å². The standard InChI is InChI=1S/C12H18O3/c1-2-3-4-9-5-6-10(7-13)12(15)11(9)8-14/h5-6,13-15H,2-4,7-8H2,1H3. The van der Waals surface area contributed by atoms with Crippen LogP contribution in [-0.4, -0.2) is 15.3 Å². The van der Waals surface area contributed by atoms with E-state index in [0.717, 1.165) is 24.8 Å². The van der Waals surface area contributed by atoms with Crippen LogP contribution in [0.3, 0.4) is 0 Å². The fourth-order valence-electron chi connectivity index (χ4n) is 1.63. The molecule has 3 N–H and O–H groups in total. The molecule has 1 aromatic rings. The second kappa shape index (κ2) is 5.73. The van der Waals surface area contributed by atoms with Crippen molar-refractivity contribution in [3.63, 3.8) is 0 Å². The van der Waals surface area contributed by atoms with Gasteiger partial charge >= 0.3 is 0 Å². The molecule has 1 aromatic carbocycles. The molecule has 0 saturated heterocycles. The van der Waals surface area contributed by atoms with Crippen molar-refractivity contribution >= 4 is 0 Å². The third-order valence-electron chi connectivity index (χ3n) is 2.59. The summed E-state index contributed by atoms with van der Waals surface area (Å²) in [6, 6.07) is 3.58. The molecule has 0 fully saturated rings. The molecule has 0 radical (unpaired) electrons. The maximum atomic E-state index is 9.75. The Morgan fingerprint density at radius 1 is 1.07 bits per heavy atom. The molecule has 0 saturated carbocycles. The Morgan fingerprint density at radius 3 is 2.27 bits per heavy atom. The SMILES string of the molecule is CCCCc1ccc(CO)c(O)c1CO. The molecule has 1 rings (SSSR count). The molecule has 0 bridgehead atoms. The topological polar surface area (TPSA) is 60.7 Å². The molecule has 0 aliphatic carbocycles. The number of aliphatic hydroxyl groups is 2. The quantitative estimate of drug-likeness (QED) is 0.693. The van der Waals surface area contributed by atoms with Gasteiger partial charge in [0.05, 0.1) is 13.2 Å². The average Bonchev–Trinajstić information content (AvgIpc) is 2.26. The zero-order valence-electron chi connectivity index (χ0n) is 9.03. The fourth-order valence-corrected chi connectivity index (χ4v) is 1.63.